The zero-order valence-corrected chi connectivity index (χ0v) is 12.7. The summed E-state index contributed by atoms with van der Waals surface area (Å²) in [4.78, 5) is 26.0. The molecule has 0 spiro atoms. The van der Waals surface area contributed by atoms with Gasteiger partial charge in [-0.25, -0.2) is 0 Å². The summed E-state index contributed by atoms with van der Waals surface area (Å²) in [6.45, 7) is 5.96. The van der Waals surface area contributed by atoms with Crippen LogP contribution in [0.1, 0.15) is 33.1 Å². The van der Waals surface area contributed by atoms with Gasteiger partial charge >= 0.3 is 5.97 Å². The third kappa shape index (κ3) is 4.45. The van der Waals surface area contributed by atoms with E-state index in [0.29, 0.717) is 32.7 Å². The van der Waals surface area contributed by atoms with E-state index in [1.165, 1.54) is 7.11 Å². The van der Waals surface area contributed by atoms with Crippen LogP contribution in [0.25, 0.3) is 0 Å². The van der Waals surface area contributed by atoms with Gasteiger partial charge in [0.25, 0.3) is 0 Å². The van der Waals surface area contributed by atoms with E-state index in [9.17, 15) is 9.59 Å². The van der Waals surface area contributed by atoms with Gasteiger partial charge in [0.1, 0.15) is 12.1 Å². The van der Waals surface area contributed by atoms with Crippen molar-refractivity contribution in [3.8, 4) is 0 Å². The van der Waals surface area contributed by atoms with E-state index in [4.69, 9.17) is 9.47 Å². The van der Waals surface area contributed by atoms with Gasteiger partial charge in [-0.2, -0.15) is 0 Å². The molecule has 6 nitrogen and oxygen atoms in total. The molecule has 1 saturated heterocycles. The molecule has 6 heteroatoms. The van der Waals surface area contributed by atoms with E-state index in [1.807, 2.05) is 11.8 Å². The first-order valence-corrected chi connectivity index (χ1v) is 7.34. The topological polar surface area (TPSA) is 67.9 Å². The number of hydrogen-bond acceptors (Lipinski definition) is 5. The number of carbonyl (C=O) groups excluding carboxylic acids is 2. The molecule has 1 aliphatic heterocycles. The third-order valence-electron chi connectivity index (χ3n) is 3.53. The molecule has 1 aliphatic rings. The lowest BCUT2D eigenvalue weighted by atomic mass is 10.0. The van der Waals surface area contributed by atoms with Crippen molar-refractivity contribution in [2.45, 2.75) is 45.2 Å². The van der Waals surface area contributed by atoms with E-state index in [2.05, 4.69) is 12.2 Å². The van der Waals surface area contributed by atoms with Crippen molar-refractivity contribution in [2.24, 2.45) is 0 Å². The van der Waals surface area contributed by atoms with Crippen LogP contribution in [0.2, 0.25) is 0 Å². The van der Waals surface area contributed by atoms with Gasteiger partial charge in [0, 0.05) is 13.1 Å². The van der Waals surface area contributed by atoms with Gasteiger partial charge in [-0.1, -0.05) is 19.8 Å². The number of rotatable bonds is 7. The number of nitrogens with one attached hydrogen (secondary N) is 1. The average molecular weight is 286 g/mol. The predicted molar refractivity (Wildman–Crippen MR) is 75.3 cm³/mol. The molecule has 20 heavy (non-hydrogen) atoms. The van der Waals surface area contributed by atoms with E-state index in [0.717, 1.165) is 12.8 Å². The van der Waals surface area contributed by atoms with Crippen molar-refractivity contribution in [2.75, 3.05) is 33.4 Å². The number of methoxy groups -OCH3 is 1. The van der Waals surface area contributed by atoms with Crippen molar-refractivity contribution in [1.82, 2.24) is 10.2 Å². The predicted octanol–water partition coefficient (Wildman–Crippen LogP) is 0.555. The first-order chi connectivity index (χ1) is 9.65. The molecule has 0 aromatic carbocycles. The van der Waals surface area contributed by atoms with Crippen molar-refractivity contribution in [1.29, 1.82) is 0 Å². The maximum absolute atomic E-state index is 12.1. The molecule has 2 atom stereocenters. The number of hydrogen-bond donors (Lipinski definition) is 1. The Morgan fingerprint density at radius 1 is 1.45 bits per heavy atom. The fourth-order valence-electron chi connectivity index (χ4n) is 2.46. The van der Waals surface area contributed by atoms with Crippen molar-refractivity contribution >= 4 is 11.9 Å². The smallest absolute Gasteiger partial charge is 0.323 e. The Balaban J connectivity index is 2.82. The first kappa shape index (κ1) is 16.9. The molecule has 0 aliphatic carbocycles. The van der Waals surface area contributed by atoms with E-state index < -0.39 is 6.04 Å². The van der Waals surface area contributed by atoms with Crippen molar-refractivity contribution < 1.29 is 19.1 Å². The Kier molecular flexibility index (Phi) is 7.54. The lowest BCUT2D eigenvalue weighted by Crippen LogP contribution is -2.59. The highest BCUT2D eigenvalue weighted by molar-refractivity contribution is 5.83. The minimum atomic E-state index is -0.412. The van der Waals surface area contributed by atoms with Gasteiger partial charge in [0.15, 0.2) is 0 Å². The van der Waals surface area contributed by atoms with Crippen molar-refractivity contribution in [3.05, 3.63) is 0 Å². The highest BCUT2D eigenvalue weighted by Gasteiger charge is 2.37. The quantitative estimate of drug-likeness (QED) is 0.692. The highest BCUT2D eigenvalue weighted by atomic mass is 16.5. The van der Waals surface area contributed by atoms with Gasteiger partial charge < -0.3 is 14.8 Å². The summed E-state index contributed by atoms with van der Waals surface area (Å²) in [5.41, 5.74) is 0. The molecule has 1 heterocycles. The van der Waals surface area contributed by atoms with Crippen LogP contribution in [-0.2, 0) is 19.1 Å². The summed E-state index contributed by atoms with van der Waals surface area (Å²) in [6.07, 6.45) is 2.64. The number of ether oxygens (including phenoxy) is 2. The largest absolute Gasteiger partial charge is 0.468 e. The lowest BCUT2D eigenvalue weighted by molar-refractivity contribution is -0.154. The van der Waals surface area contributed by atoms with Crippen LogP contribution in [0.3, 0.4) is 0 Å². The van der Waals surface area contributed by atoms with E-state index in [-0.39, 0.29) is 17.9 Å². The first-order valence-electron chi connectivity index (χ1n) is 7.34. The molecule has 0 bridgehead atoms. The Labute approximate surface area is 120 Å². The van der Waals surface area contributed by atoms with Crippen LogP contribution in [-0.4, -0.2) is 62.3 Å². The second kappa shape index (κ2) is 8.92. The van der Waals surface area contributed by atoms with Gasteiger partial charge in [0.2, 0.25) is 5.91 Å². The number of nitrogens with zero attached hydrogens (tertiary/aromatic N) is 1. The number of likely N-dealkylation sites (N-methyl/N-ethyl adjacent to an activating group) is 1. The second-order valence-electron chi connectivity index (χ2n) is 4.90. The molecule has 0 aromatic rings. The molecule has 2 unspecified atom stereocenters. The summed E-state index contributed by atoms with van der Waals surface area (Å²) >= 11 is 0. The Bertz CT molecular complexity index is 322. The van der Waals surface area contributed by atoms with Crippen LogP contribution in [0.5, 0.6) is 0 Å². The molecule has 1 rings (SSSR count). The Morgan fingerprint density at radius 2 is 2.20 bits per heavy atom. The summed E-state index contributed by atoms with van der Waals surface area (Å²) in [5, 5.41) is 2.80. The van der Waals surface area contributed by atoms with Crippen LogP contribution in [0.15, 0.2) is 0 Å². The monoisotopic (exact) mass is 286 g/mol. The summed E-state index contributed by atoms with van der Waals surface area (Å²) in [6, 6.07) is -0.777. The third-order valence-corrected chi connectivity index (χ3v) is 3.53. The summed E-state index contributed by atoms with van der Waals surface area (Å²) < 4.78 is 10.3. The number of unbranched alkanes of at least 4 members (excludes halogenated alkanes) is 1. The number of amides is 1. The Morgan fingerprint density at radius 3 is 2.80 bits per heavy atom. The van der Waals surface area contributed by atoms with Crippen LogP contribution >= 0.6 is 0 Å². The van der Waals surface area contributed by atoms with Crippen LogP contribution in [0.4, 0.5) is 0 Å². The van der Waals surface area contributed by atoms with Gasteiger partial charge in [-0.15, -0.1) is 0 Å². The summed E-state index contributed by atoms with van der Waals surface area (Å²) in [5.74, 6) is -0.354. The number of carbonyl (C=O) groups is 2. The molecule has 116 valence electrons. The minimum absolute atomic E-state index is 0.0856. The van der Waals surface area contributed by atoms with E-state index >= 15 is 0 Å². The SMILES string of the molecule is CCCCC(C(=O)OC)N1CCOCC1C(=O)NCC. The average Bonchev–Trinajstić information content (AvgIpc) is 2.48. The molecule has 1 fully saturated rings. The normalized spacial score (nSPS) is 21.2. The van der Waals surface area contributed by atoms with Gasteiger partial charge in [-0.3, -0.25) is 14.5 Å². The molecule has 0 radical (unpaired) electrons. The van der Waals surface area contributed by atoms with Crippen molar-refractivity contribution in [3.63, 3.8) is 0 Å². The highest BCUT2D eigenvalue weighted by Crippen LogP contribution is 2.17. The molecule has 0 aromatic heterocycles. The maximum Gasteiger partial charge on any atom is 0.323 e. The van der Waals surface area contributed by atoms with Gasteiger partial charge in [-0.05, 0) is 13.3 Å². The fourth-order valence-corrected chi connectivity index (χ4v) is 2.46. The summed E-state index contributed by atoms with van der Waals surface area (Å²) in [7, 11) is 1.39. The zero-order chi connectivity index (χ0) is 15.0. The zero-order valence-electron chi connectivity index (χ0n) is 12.7. The Hall–Kier alpha value is -1.14. The fraction of sp³-hybridized carbons (Fsp3) is 0.857. The van der Waals surface area contributed by atoms with Crippen LogP contribution < -0.4 is 5.32 Å². The molecular weight excluding hydrogens is 260 g/mol. The van der Waals surface area contributed by atoms with Crippen LogP contribution in [0, 0.1) is 0 Å². The number of morpholine rings is 1. The molecule has 0 saturated carbocycles. The molecular formula is C14H26N2O4. The molecule has 1 amide bonds. The number of esters is 1. The maximum atomic E-state index is 12.1. The minimum Gasteiger partial charge on any atom is -0.468 e. The standard InChI is InChI=1S/C14H26N2O4/c1-4-6-7-11(14(18)19-3)16-8-9-20-10-12(16)13(17)15-5-2/h11-12H,4-10H2,1-3H3,(H,15,17). The van der Waals surface area contributed by atoms with Gasteiger partial charge in [0.05, 0.1) is 20.3 Å². The lowest BCUT2D eigenvalue weighted by Gasteiger charge is -2.38. The molecule has 1 N–H and O–H groups in total. The second-order valence-corrected chi connectivity index (χ2v) is 4.90. The van der Waals surface area contributed by atoms with E-state index in [1.54, 1.807) is 0 Å².